The van der Waals surface area contributed by atoms with Crippen LogP contribution in [0.15, 0.2) is 0 Å². The zero-order chi connectivity index (χ0) is 17.3. The van der Waals surface area contributed by atoms with Crippen LogP contribution >= 0.6 is 0 Å². The van der Waals surface area contributed by atoms with Gasteiger partial charge < -0.3 is 4.43 Å². The second-order valence-corrected chi connectivity index (χ2v) is 14.9. The van der Waals surface area contributed by atoms with E-state index in [1.807, 2.05) is 0 Å². The number of hydrogen-bond acceptors (Lipinski definition) is 3. The normalized spacial score (nSPS) is 24.9. The topological polar surface area (TPSA) is 63.6 Å². The standard InChI is InChI=1S/C16H34O4SSi/c1-11(2)22(12(3)4,13(5)6)20-14(7)16-8-15(9-16)10-21(17,18)19/h11-16H,8-10H2,1-7H3,(H,17,18,19). The van der Waals surface area contributed by atoms with Gasteiger partial charge in [0.2, 0.25) is 8.32 Å². The van der Waals surface area contributed by atoms with Crippen LogP contribution in [0.1, 0.15) is 61.3 Å². The van der Waals surface area contributed by atoms with E-state index in [1.54, 1.807) is 0 Å². The predicted molar refractivity (Wildman–Crippen MR) is 94.2 cm³/mol. The zero-order valence-electron chi connectivity index (χ0n) is 15.2. The Labute approximate surface area is 137 Å². The van der Waals surface area contributed by atoms with Crippen molar-refractivity contribution in [2.75, 3.05) is 5.75 Å². The molecule has 0 aromatic carbocycles. The summed E-state index contributed by atoms with van der Waals surface area (Å²) in [5.41, 5.74) is 1.68. The van der Waals surface area contributed by atoms with Gasteiger partial charge in [-0.2, -0.15) is 8.42 Å². The van der Waals surface area contributed by atoms with Gasteiger partial charge in [-0.25, -0.2) is 0 Å². The van der Waals surface area contributed by atoms with Crippen molar-refractivity contribution in [3.63, 3.8) is 0 Å². The second kappa shape index (κ2) is 7.32. The molecule has 1 N–H and O–H groups in total. The molecule has 132 valence electrons. The van der Waals surface area contributed by atoms with Gasteiger partial charge in [0.15, 0.2) is 0 Å². The number of rotatable bonds is 8. The molecule has 1 atom stereocenters. The summed E-state index contributed by atoms with van der Waals surface area (Å²) >= 11 is 0. The van der Waals surface area contributed by atoms with Crippen molar-refractivity contribution in [1.29, 1.82) is 0 Å². The third-order valence-electron chi connectivity index (χ3n) is 5.48. The monoisotopic (exact) mass is 350 g/mol. The summed E-state index contributed by atoms with van der Waals surface area (Å²) in [6.45, 7) is 15.8. The Bertz CT molecular complexity index is 431. The van der Waals surface area contributed by atoms with E-state index in [9.17, 15) is 8.42 Å². The Morgan fingerprint density at radius 3 is 1.73 bits per heavy atom. The summed E-state index contributed by atoms with van der Waals surface area (Å²) in [7, 11) is -5.71. The molecule has 4 nitrogen and oxygen atoms in total. The first-order valence-corrected chi connectivity index (χ1v) is 12.3. The van der Waals surface area contributed by atoms with Gasteiger partial charge in [0.25, 0.3) is 10.1 Å². The fourth-order valence-corrected chi connectivity index (χ4v) is 11.0. The molecule has 0 aromatic heterocycles. The fraction of sp³-hybridized carbons (Fsp3) is 1.00. The Kier molecular flexibility index (Phi) is 6.70. The smallest absolute Gasteiger partial charge is 0.265 e. The second-order valence-electron chi connectivity index (χ2n) is 7.99. The summed E-state index contributed by atoms with van der Waals surface area (Å²) in [6.07, 6.45) is 1.87. The maximum atomic E-state index is 10.9. The average molecular weight is 351 g/mol. The molecule has 1 aliphatic rings. The first-order valence-electron chi connectivity index (χ1n) is 8.53. The van der Waals surface area contributed by atoms with E-state index < -0.39 is 18.4 Å². The first-order chi connectivity index (χ1) is 9.90. The molecule has 0 aliphatic heterocycles. The minimum absolute atomic E-state index is 0.0965. The van der Waals surface area contributed by atoms with Gasteiger partial charge in [-0.3, -0.25) is 4.55 Å². The summed E-state index contributed by atoms with van der Waals surface area (Å²) in [5.74, 6) is 0.422. The van der Waals surface area contributed by atoms with Crippen LogP contribution in [-0.2, 0) is 14.5 Å². The Balaban J connectivity index is 2.69. The molecule has 1 unspecified atom stereocenters. The molecule has 0 bridgehead atoms. The van der Waals surface area contributed by atoms with E-state index in [-0.39, 0.29) is 17.8 Å². The lowest BCUT2D eigenvalue weighted by Gasteiger charge is -2.48. The van der Waals surface area contributed by atoms with Gasteiger partial charge in [0.05, 0.1) is 5.75 Å². The van der Waals surface area contributed by atoms with Crippen LogP contribution in [-0.4, -0.2) is 33.1 Å². The maximum Gasteiger partial charge on any atom is 0.265 e. The van der Waals surface area contributed by atoms with Crippen LogP contribution in [0.5, 0.6) is 0 Å². The van der Waals surface area contributed by atoms with E-state index in [4.69, 9.17) is 8.98 Å². The molecule has 1 rings (SSSR count). The molecule has 22 heavy (non-hydrogen) atoms. The van der Waals surface area contributed by atoms with Crippen molar-refractivity contribution in [2.45, 2.75) is 84.0 Å². The summed E-state index contributed by atoms with van der Waals surface area (Å²) in [6, 6.07) is 0. The lowest BCUT2D eigenvalue weighted by atomic mass is 9.73. The third kappa shape index (κ3) is 4.55. The molecule has 0 spiro atoms. The van der Waals surface area contributed by atoms with Crippen LogP contribution in [0.25, 0.3) is 0 Å². The van der Waals surface area contributed by atoms with Gasteiger partial charge in [-0.1, -0.05) is 41.5 Å². The highest BCUT2D eigenvalue weighted by Gasteiger charge is 2.48. The Morgan fingerprint density at radius 2 is 1.41 bits per heavy atom. The molecule has 0 amide bonds. The predicted octanol–water partition coefficient (Wildman–Crippen LogP) is 4.48. The lowest BCUT2D eigenvalue weighted by Crippen LogP contribution is -2.52. The molecule has 0 heterocycles. The maximum absolute atomic E-state index is 10.9. The molecular weight excluding hydrogens is 316 g/mol. The number of hydrogen-bond donors (Lipinski definition) is 1. The third-order valence-corrected chi connectivity index (χ3v) is 12.6. The average Bonchev–Trinajstić information content (AvgIpc) is 2.27. The van der Waals surface area contributed by atoms with E-state index in [1.165, 1.54) is 0 Å². The highest BCUT2D eigenvalue weighted by molar-refractivity contribution is 7.85. The highest BCUT2D eigenvalue weighted by Crippen LogP contribution is 2.46. The van der Waals surface area contributed by atoms with Crippen molar-refractivity contribution >= 4 is 18.4 Å². The van der Waals surface area contributed by atoms with Gasteiger partial charge in [-0.15, -0.1) is 0 Å². The van der Waals surface area contributed by atoms with E-state index >= 15 is 0 Å². The quantitative estimate of drug-likeness (QED) is 0.518. The summed E-state index contributed by atoms with van der Waals surface area (Å²) in [5, 5.41) is 0. The molecule has 1 saturated carbocycles. The molecule has 0 aromatic rings. The minimum Gasteiger partial charge on any atom is -0.413 e. The molecule has 1 fully saturated rings. The largest absolute Gasteiger partial charge is 0.413 e. The minimum atomic E-state index is -3.84. The van der Waals surface area contributed by atoms with Crippen LogP contribution < -0.4 is 0 Å². The zero-order valence-corrected chi connectivity index (χ0v) is 17.0. The van der Waals surface area contributed by atoms with Crippen molar-refractivity contribution in [3.05, 3.63) is 0 Å². The Hall–Kier alpha value is 0.0869. The van der Waals surface area contributed by atoms with Gasteiger partial charge in [-0.05, 0) is 48.2 Å². The molecule has 1 aliphatic carbocycles. The van der Waals surface area contributed by atoms with Crippen LogP contribution in [0.3, 0.4) is 0 Å². The van der Waals surface area contributed by atoms with Crippen molar-refractivity contribution in [1.82, 2.24) is 0 Å². The van der Waals surface area contributed by atoms with Crippen LogP contribution in [0.2, 0.25) is 16.6 Å². The molecular formula is C16H34O4SSi. The first kappa shape index (κ1) is 20.1. The molecule has 0 saturated heterocycles. The van der Waals surface area contributed by atoms with E-state index in [0.29, 0.717) is 22.5 Å². The van der Waals surface area contributed by atoms with Crippen molar-refractivity contribution < 1.29 is 17.4 Å². The SMILES string of the molecule is CC(O[Si](C(C)C)(C(C)C)C(C)C)C1CC(CS(=O)(=O)O)C1. The summed E-state index contributed by atoms with van der Waals surface area (Å²) in [4.78, 5) is 0. The Morgan fingerprint density at radius 1 is 1.00 bits per heavy atom. The van der Waals surface area contributed by atoms with Gasteiger partial charge >= 0.3 is 0 Å². The van der Waals surface area contributed by atoms with Crippen molar-refractivity contribution in [2.24, 2.45) is 11.8 Å². The lowest BCUT2D eigenvalue weighted by molar-refractivity contribution is 0.0517. The highest BCUT2D eigenvalue weighted by atomic mass is 32.2. The fourth-order valence-electron chi connectivity index (χ4n) is 4.43. The van der Waals surface area contributed by atoms with E-state index in [2.05, 4.69) is 48.5 Å². The van der Waals surface area contributed by atoms with Crippen LogP contribution in [0.4, 0.5) is 0 Å². The summed E-state index contributed by atoms with van der Waals surface area (Å²) < 4.78 is 37.5. The van der Waals surface area contributed by atoms with E-state index in [0.717, 1.165) is 12.8 Å². The van der Waals surface area contributed by atoms with Gasteiger partial charge in [0, 0.05) is 6.10 Å². The van der Waals surface area contributed by atoms with Gasteiger partial charge in [0.1, 0.15) is 0 Å². The molecule has 6 heteroatoms. The molecule has 0 radical (unpaired) electrons. The van der Waals surface area contributed by atoms with Crippen LogP contribution in [0, 0.1) is 11.8 Å². The van der Waals surface area contributed by atoms with Crippen molar-refractivity contribution in [3.8, 4) is 0 Å².